The molecule has 0 aliphatic carbocycles. The summed E-state index contributed by atoms with van der Waals surface area (Å²) in [4.78, 5) is 21.6. The fourth-order valence-corrected chi connectivity index (χ4v) is 0. The third-order valence-electron chi connectivity index (χ3n) is 0. The van der Waals surface area contributed by atoms with Crippen molar-refractivity contribution in [3.63, 3.8) is 0 Å². The van der Waals surface area contributed by atoms with Gasteiger partial charge in [-0.15, -0.1) is 0 Å². The summed E-state index contributed by atoms with van der Waals surface area (Å²) in [5.74, 6) is 0. The fourth-order valence-electron chi connectivity index (χ4n) is 0. The van der Waals surface area contributed by atoms with E-state index in [0.29, 0.717) is 0 Å². The maximum atomic E-state index is 8.88. The normalized spacial score (nSPS) is 7.38. The molecule has 8 heavy (non-hydrogen) atoms. The molecule has 3 N–H and O–H groups in total. The van der Waals surface area contributed by atoms with Crippen molar-refractivity contribution < 1.29 is 36.6 Å². The van der Waals surface area contributed by atoms with Crippen molar-refractivity contribution >= 4 is 44.0 Å². The Morgan fingerprint density at radius 2 is 1.12 bits per heavy atom. The topological polar surface area (TPSA) is 77.8 Å². The Morgan fingerprint density at radius 1 is 1.12 bits per heavy atom. The average Bonchev–Trinajstić information content (AvgIpc) is 0.722. The molecule has 0 aliphatic heterocycles. The van der Waals surface area contributed by atoms with Gasteiger partial charge in [0.2, 0.25) is 0 Å². The van der Waals surface area contributed by atoms with E-state index in [1.807, 2.05) is 0 Å². The van der Waals surface area contributed by atoms with Gasteiger partial charge in [-0.2, -0.15) is 0 Å². The summed E-state index contributed by atoms with van der Waals surface area (Å²) in [5.41, 5.74) is 0. The molecule has 0 saturated heterocycles. The monoisotopic (exact) mass is 188 g/mol. The second-order valence-corrected chi connectivity index (χ2v) is 1.54. The molecule has 0 heterocycles. The van der Waals surface area contributed by atoms with Crippen LogP contribution < -0.4 is 0 Å². The molecule has 4 nitrogen and oxygen atoms in total. The molecule has 0 rings (SSSR count). The van der Waals surface area contributed by atoms with Gasteiger partial charge >= 0.3 is 26.7 Å². The second-order valence-electron chi connectivity index (χ2n) is 0.513. The van der Waals surface area contributed by atoms with E-state index in [4.69, 9.17) is 19.2 Å². The van der Waals surface area contributed by atoms with Crippen LogP contribution in [0.5, 0.6) is 0 Å². The molecular formula is H7AlCrLiO4P. The van der Waals surface area contributed by atoms with E-state index in [1.54, 1.807) is 0 Å². The van der Waals surface area contributed by atoms with Crippen LogP contribution >= 0.6 is 7.82 Å². The quantitative estimate of drug-likeness (QED) is 0.284. The van der Waals surface area contributed by atoms with Crippen molar-refractivity contribution in [2.45, 2.75) is 0 Å². The summed E-state index contributed by atoms with van der Waals surface area (Å²) < 4.78 is 8.88. The molecule has 8 heteroatoms. The third kappa shape index (κ3) is 113. The number of phosphoric acid groups is 1. The summed E-state index contributed by atoms with van der Waals surface area (Å²) in [5, 5.41) is 0. The van der Waals surface area contributed by atoms with Crippen molar-refractivity contribution in [2.24, 2.45) is 0 Å². The molecule has 0 amide bonds. The van der Waals surface area contributed by atoms with E-state index in [-0.39, 0.29) is 53.6 Å². The van der Waals surface area contributed by atoms with E-state index in [0.717, 1.165) is 0 Å². The van der Waals surface area contributed by atoms with Gasteiger partial charge in [-0.3, -0.25) is 0 Å². The number of hydrogen-bond acceptors (Lipinski definition) is 1. The SMILES string of the molecule is O=P(O)(O)O.[AlH3].[Cr].[LiH]. The van der Waals surface area contributed by atoms with Gasteiger partial charge in [0.25, 0.3) is 0 Å². The molecule has 0 radical (unpaired) electrons. The van der Waals surface area contributed by atoms with Crippen LogP contribution in [-0.2, 0) is 21.9 Å². The van der Waals surface area contributed by atoms with Crippen molar-refractivity contribution in [1.29, 1.82) is 0 Å². The van der Waals surface area contributed by atoms with Gasteiger partial charge in [0, 0.05) is 17.4 Å². The average molecular weight is 188 g/mol. The van der Waals surface area contributed by atoms with Crippen LogP contribution in [0.2, 0.25) is 0 Å². The van der Waals surface area contributed by atoms with Gasteiger partial charge in [0.05, 0.1) is 0 Å². The molecular weight excluding hydrogens is 181 g/mol. The van der Waals surface area contributed by atoms with Crippen LogP contribution in [0.3, 0.4) is 0 Å². The summed E-state index contributed by atoms with van der Waals surface area (Å²) in [6.45, 7) is 0. The minimum absolute atomic E-state index is 0. The molecule has 0 fully saturated rings. The maximum absolute atomic E-state index is 8.88. The summed E-state index contributed by atoms with van der Waals surface area (Å²) in [6.07, 6.45) is 0. The van der Waals surface area contributed by atoms with E-state index < -0.39 is 7.82 Å². The van der Waals surface area contributed by atoms with Gasteiger partial charge in [-0.25, -0.2) is 4.57 Å². The first-order valence-corrected chi connectivity index (χ1v) is 2.35. The van der Waals surface area contributed by atoms with Gasteiger partial charge in [0.15, 0.2) is 17.4 Å². The molecule has 0 aromatic heterocycles. The Hall–Kier alpha value is 1.77. The van der Waals surface area contributed by atoms with Gasteiger partial charge in [-0.1, -0.05) is 0 Å². The molecule has 0 aromatic carbocycles. The van der Waals surface area contributed by atoms with Crippen LogP contribution in [0.25, 0.3) is 0 Å². The predicted octanol–water partition coefficient (Wildman–Crippen LogP) is -2.76. The van der Waals surface area contributed by atoms with Gasteiger partial charge in [0.1, 0.15) is 0 Å². The van der Waals surface area contributed by atoms with Crippen LogP contribution in [0.1, 0.15) is 0 Å². The Morgan fingerprint density at radius 3 is 1.12 bits per heavy atom. The van der Waals surface area contributed by atoms with Crippen LogP contribution in [0.4, 0.5) is 0 Å². The zero-order chi connectivity index (χ0) is 4.50. The second kappa shape index (κ2) is 8.77. The Kier molecular flexibility index (Phi) is 24.7. The summed E-state index contributed by atoms with van der Waals surface area (Å²) in [7, 11) is -4.64. The standard InChI is InChI=1S/Al.Cr.Li.H3O4P.4H/c;;;1-5(2,3)4;;;;/h;;;(H3,1,2,3,4);;;;. The summed E-state index contributed by atoms with van der Waals surface area (Å²) >= 11 is 0. The zero-order valence-electron chi connectivity index (χ0n) is 2.61. The van der Waals surface area contributed by atoms with E-state index in [1.165, 1.54) is 0 Å². The van der Waals surface area contributed by atoms with Gasteiger partial charge < -0.3 is 14.7 Å². The van der Waals surface area contributed by atoms with Crippen molar-refractivity contribution in [3.05, 3.63) is 0 Å². The predicted molar refractivity (Wildman–Crippen MR) is 31.4 cm³/mol. The summed E-state index contributed by atoms with van der Waals surface area (Å²) in [6, 6.07) is 0. The minimum atomic E-state index is -4.64. The Bertz CT molecular complexity index is 62.2. The fraction of sp³-hybridized carbons (Fsp3) is 0. The zero-order valence-corrected chi connectivity index (χ0v) is 4.77. The molecule has 0 atom stereocenters. The molecule has 0 bridgehead atoms. The molecule has 0 saturated carbocycles. The number of hydrogen-bond donors (Lipinski definition) is 3. The first kappa shape index (κ1) is 22.6. The van der Waals surface area contributed by atoms with E-state index in [2.05, 4.69) is 0 Å². The third-order valence-corrected chi connectivity index (χ3v) is 0. The first-order chi connectivity index (χ1) is 2.00. The Balaban J connectivity index is -0.0000000267. The van der Waals surface area contributed by atoms with Crippen molar-refractivity contribution in [3.8, 4) is 0 Å². The molecule has 0 spiro atoms. The van der Waals surface area contributed by atoms with E-state index in [9.17, 15) is 0 Å². The van der Waals surface area contributed by atoms with Gasteiger partial charge in [-0.05, 0) is 0 Å². The van der Waals surface area contributed by atoms with Crippen molar-refractivity contribution in [2.75, 3.05) is 0 Å². The van der Waals surface area contributed by atoms with Crippen LogP contribution in [0, 0.1) is 0 Å². The molecule has 0 aromatic rings. The first-order valence-electron chi connectivity index (χ1n) is 0.783. The molecule has 0 aliphatic rings. The molecule has 0 unspecified atom stereocenters. The van der Waals surface area contributed by atoms with Crippen LogP contribution in [0.15, 0.2) is 0 Å². The molecule has 46 valence electrons. The van der Waals surface area contributed by atoms with Crippen LogP contribution in [-0.4, -0.2) is 50.9 Å². The Labute approximate surface area is 80.4 Å². The van der Waals surface area contributed by atoms with Crippen molar-refractivity contribution in [1.82, 2.24) is 0 Å². The van der Waals surface area contributed by atoms with E-state index >= 15 is 0 Å². The number of rotatable bonds is 0.